The molecule has 120 valence electrons. The third kappa shape index (κ3) is 3.35. The van der Waals surface area contributed by atoms with Crippen LogP contribution < -0.4 is 0 Å². The second kappa shape index (κ2) is 6.41. The molecule has 1 aromatic rings. The number of carbonyl (C=O) groups excluding carboxylic acids is 1. The Hall–Kier alpha value is -1.36. The Balaban J connectivity index is 1.54. The van der Waals surface area contributed by atoms with Crippen molar-refractivity contribution in [1.29, 1.82) is 0 Å². The fraction of sp³-hybridized carbons (Fsp3) is 0.647. The van der Waals surface area contributed by atoms with Crippen LogP contribution in [0.2, 0.25) is 0 Å². The molecule has 0 aromatic carbocycles. The van der Waals surface area contributed by atoms with Crippen LogP contribution in [0.15, 0.2) is 11.4 Å². The molecule has 1 saturated heterocycles. The average molecular weight is 321 g/mol. The lowest BCUT2D eigenvalue weighted by molar-refractivity contribution is -0.137. The van der Waals surface area contributed by atoms with Gasteiger partial charge in [0.05, 0.1) is 0 Å². The molecule has 5 heteroatoms. The third-order valence-corrected chi connectivity index (χ3v) is 6.09. The van der Waals surface area contributed by atoms with Crippen LogP contribution in [0.4, 0.5) is 0 Å². The van der Waals surface area contributed by atoms with Crippen molar-refractivity contribution in [2.75, 3.05) is 13.1 Å². The second-order valence-electron chi connectivity index (χ2n) is 6.64. The number of aliphatic carboxylic acids is 1. The number of hydrogen-bond acceptors (Lipinski definition) is 3. The monoisotopic (exact) mass is 321 g/mol. The number of carbonyl (C=O) groups is 2. The number of rotatable bonds is 5. The van der Waals surface area contributed by atoms with Gasteiger partial charge < -0.3 is 10.0 Å². The smallest absolute Gasteiger partial charge is 0.303 e. The highest BCUT2D eigenvalue weighted by atomic mass is 32.1. The van der Waals surface area contributed by atoms with Crippen molar-refractivity contribution in [3.05, 3.63) is 21.9 Å². The molecule has 2 aliphatic rings. The van der Waals surface area contributed by atoms with Gasteiger partial charge in [-0.15, -0.1) is 11.3 Å². The second-order valence-corrected chi connectivity index (χ2v) is 7.59. The molecule has 2 heterocycles. The van der Waals surface area contributed by atoms with Gasteiger partial charge in [-0.25, -0.2) is 0 Å². The molecule has 4 nitrogen and oxygen atoms in total. The van der Waals surface area contributed by atoms with Crippen LogP contribution in [-0.2, 0) is 9.59 Å². The van der Waals surface area contributed by atoms with Crippen molar-refractivity contribution in [2.45, 2.75) is 44.9 Å². The van der Waals surface area contributed by atoms with Gasteiger partial charge in [0.2, 0.25) is 5.91 Å². The quantitative estimate of drug-likeness (QED) is 0.905. The molecule has 22 heavy (non-hydrogen) atoms. The largest absolute Gasteiger partial charge is 0.481 e. The van der Waals surface area contributed by atoms with Crippen LogP contribution in [0.25, 0.3) is 0 Å². The van der Waals surface area contributed by atoms with Gasteiger partial charge in [0.1, 0.15) is 0 Å². The van der Waals surface area contributed by atoms with Crippen LogP contribution in [0.1, 0.15) is 48.5 Å². The highest BCUT2D eigenvalue weighted by molar-refractivity contribution is 7.10. The summed E-state index contributed by atoms with van der Waals surface area (Å²) in [6.07, 6.45) is 3.95. The maximum absolute atomic E-state index is 12.7. The number of amides is 1. The molecule has 0 radical (unpaired) electrons. The first-order valence-electron chi connectivity index (χ1n) is 8.11. The van der Waals surface area contributed by atoms with E-state index in [1.54, 1.807) is 11.3 Å². The lowest BCUT2D eigenvalue weighted by Gasteiger charge is -2.33. The first-order valence-corrected chi connectivity index (χ1v) is 8.98. The van der Waals surface area contributed by atoms with E-state index in [-0.39, 0.29) is 18.2 Å². The van der Waals surface area contributed by atoms with E-state index in [9.17, 15) is 9.59 Å². The van der Waals surface area contributed by atoms with E-state index in [4.69, 9.17) is 5.11 Å². The van der Waals surface area contributed by atoms with Crippen LogP contribution >= 0.6 is 11.3 Å². The molecular weight excluding hydrogens is 298 g/mol. The van der Waals surface area contributed by atoms with Crippen molar-refractivity contribution in [2.24, 2.45) is 11.8 Å². The van der Waals surface area contributed by atoms with Crippen LogP contribution in [0, 0.1) is 18.8 Å². The van der Waals surface area contributed by atoms with E-state index in [2.05, 4.69) is 18.4 Å². The SMILES string of the molecule is Cc1ccsc1[C@@H]1C[C@@H]1C(=O)N1CCC[C@H](CCC(=O)O)C1. The predicted molar refractivity (Wildman–Crippen MR) is 86.1 cm³/mol. The van der Waals surface area contributed by atoms with E-state index in [1.807, 2.05) is 4.90 Å². The zero-order valence-electron chi connectivity index (χ0n) is 13.0. The number of hydrogen-bond donors (Lipinski definition) is 1. The fourth-order valence-electron chi connectivity index (χ4n) is 3.58. The number of carboxylic acids is 1. The van der Waals surface area contributed by atoms with Crippen molar-refractivity contribution < 1.29 is 14.7 Å². The molecule has 2 fully saturated rings. The maximum Gasteiger partial charge on any atom is 0.303 e. The summed E-state index contributed by atoms with van der Waals surface area (Å²) in [6, 6.07) is 2.13. The van der Waals surface area contributed by atoms with Crippen molar-refractivity contribution in [1.82, 2.24) is 4.90 Å². The molecule has 3 atom stereocenters. The van der Waals surface area contributed by atoms with E-state index in [1.165, 1.54) is 10.4 Å². The highest BCUT2D eigenvalue weighted by Gasteiger charge is 2.47. The Labute approximate surface area is 135 Å². The van der Waals surface area contributed by atoms with E-state index in [0.717, 1.165) is 32.4 Å². The molecule has 1 N–H and O–H groups in total. The first-order chi connectivity index (χ1) is 10.6. The average Bonchev–Trinajstić information content (AvgIpc) is 3.19. The lowest BCUT2D eigenvalue weighted by Crippen LogP contribution is -2.41. The normalized spacial score (nSPS) is 27.7. The molecule has 0 bridgehead atoms. The van der Waals surface area contributed by atoms with Crippen molar-refractivity contribution in [3.63, 3.8) is 0 Å². The number of carboxylic acid groups (broad SMARTS) is 1. The standard InChI is InChI=1S/C17H23NO3S/c1-11-6-8-22-16(11)13-9-14(13)17(21)18-7-2-3-12(10-18)4-5-15(19)20/h6,8,12-14H,2-5,7,9-10H2,1H3,(H,19,20)/t12-,13-,14+/m1/s1. The number of nitrogens with zero attached hydrogens (tertiary/aromatic N) is 1. The molecule has 1 amide bonds. The third-order valence-electron chi connectivity index (χ3n) is 4.94. The van der Waals surface area contributed by atoms with Crippen molar-refractivity contribution in [3.8, 4) is 0 Å². The zero-order chi connectivity index (χ0) is 15.7. The van der Waals surface area contributed by atoms with E-state index >= 15 is 0 Å². The fourth-order valence-corrected chi connectivity index (χ4v) is 4.69. The summed E-state index contributed by atoms with van der Waals surface area (Å²) in [5.41, 5.74) is 1.31. The minimum absolute atomic E-state index is 0.163. The van der Waals surface area contributed by atoms with E-state index < -0.39 is 5.97 Å². The van der Waals surface area contributed by atoms with Gasteiger partial charge in [-0.05, 0) is 55.5 Å². The van der Waals surface area contributed by atoms with Gasteiger partial charge >= 0.3 is 5.97 Å². The molecule has 0 unspecified atom stereocenters. The van der Waals surface area contributed by atoms with Crippen LogP contribution in [-0.4, -0.2) is 35.0 Å². The van der Waals surface area contributed by atoms with Gasteiger partial charge in [0.25, 0.3) is 0 Å². The highest BCUT2D eigenvalue weighted by Crippen LogP contribution is 2.51. The van der Waals surface area contributed by atoms with Gasteiger partial charge in [-0.3, -0.25) is 9.59 Å². The molecule has 1 aromatic heterocycles. The summed E-state index contributed by atoms with van der Waals surface area (Å²) >= 11 is 1.76. The zero-order valence-corrected chi connectivity index (χ0v) is 13.8. The Bertz CT molecular complexity index is 568. The van der Waals surface area contributed by atoms with Gasteiger partial charge in [-0.2, -0.15) is 0 Å². The molecule has 3 rings (SSSR count). The number of aryl methyl sites for hydroxylation is 1. The molecule has 1 aliphatic heterocycles. The maximum atomic E-state index is 12.7. The molecule has 0 spiro atoms. The van der Waals surface area contributed by atoms with Crippen LogP contribution in [0.3, 0.4) is 0 Å². The number of likely N-dealkylation sites (tertiary alicyclic amines) is 1. The Morgan fingerprint density at radius 2 is 2.27 bits per heavy atom. The lowest BCUT2D eigenvalue weighted by atomic mass is 9.93. The predicted octanol–water partition coefficient (Wildman–Crippen LogP) is 3.26. The Morgan fingerprint density at radius 3 is 2.95 bits per heavy atom. The summed E-state index contributed by atoms with van der Waals surface area (Å²) in [4.78, 5) is 26.7. The van der Waals surface area contributed by atoms with Gasteiger partial charge in [0, 0.05) is 36.2 Å². The van der Waals surface area contributed by atoms with Gasteiger partial charge in [0.15, 0.2) is 0 Å². The first kappa shape index (κ1) is 15.5. The number of thiophene rings is 1. The summed E-state index contributed by atoms with van der Waals surface area (Å²) in [6.45, 7) is 3.71. The van der Waals surface area contributed by atoms with Gasteiger partial charge in [-0.1, -0.05) is 0 Å². The number of piperidine rings is 1. The van der Waals surface area contributed by atoms with Crippen LogP contribution in [0.5, 0.6) is 0 Å². The topological polar surface area (TPSA) is 57.6 Å². The summed E-state index contributed by atoms with van der Waals surface area (Å²) in [5, 5.41) is 10.9. The summed E-state index contributed by atoms with van der Waals surface area (Å²) in [5.74, 6) is 0.494. The van der Waals surface area contributed by atoms with Crippen molar-refractivity contribution >= 4 is 23.2 Å². The minimum atomic E-state index is -0.737. The minimum Gasteiger partial charge on any atom is -0.481 e. The molecule has 1 saturated carbocycles. The Morgan fingerprint density at radius 1 is 1.45 bits per heavy atom. The molecular formula is C17H23NO3S. The summed E-state index contributed by atoms with van der Waals surface area (Å²) in [7, 11) is 0. The Kier molecular flexibility index (Phi) is 4.52. The molecule has 1 aliphatic carbocycles. The van der Waals surface area contributed by atoms with E-state index in [0.29, 0.717) is 18.3 Å². The summed E-state index contributed by atoms with van der Waals surface area (Å²) < 4.78 is 0.